The molecule has 0 radical (unpaired) electrons. The number of nitrogens with zero attached hydrogens (tertiary/aromatic N) is 7. The smallest absolute Gasteiger partial charge is 0.335 e. The second-order valence-electron chi connectivity index (χ2n) is 9.38. The van der Waals surface area contributed by atoms with Gasteiger partial charge in [-0.25, -0.2) is 14.3 Å². The Hall–Kier alpha value is -4.21. The highest BCUT2D eigenvalue weighted by Crippen LogP contribution is 2.33. The van der Waals surface area contributed by atoms with Crippen LogP contribution in [0.4, 0.5) is 0 Å². The molecule has 0 bridgehead atoms. The molecule has 0 fully saturated rings. The fraction of sp³-hybridized carbons (Fsp3) is 0.346. The standard InChI is InChI=1S/C26H31N9O/c1-4-5-9-22-17-34(24-28-14-15-33(24)19(2)3)25(36)35(22)18-26(10-12-27-13-11-26)21-8-6-7-20(16-21)23-29-31-32-30-23/h6-8,10-17,19,27H,4-5,9,18H2,1-3H3,(H,29,30,31,32). The Bertz CT molecular complexity index is 1420. The first kappa shape index (κ1) is 23.5. The Kier molecular flexibility index (Phi) is 6.41. The van der Waals surface area contributed by atoms with Crippen molar-refractivity contribution in [3.63, 3.8) is 0 Å². The van der Waals surface area contributed by atoms with Crippen molar-refractivity contribution in [2.75, 3.05) is 0 Å². The molecule has 0 amide bonds. The highest BCUT2D eigenvalue weighted by atomic mass is 16.1. The first-order chi connectivity index (χ1) is 17.5. The van der Waals surface area contributed by atoms with Crippen LogP contribution in [0.5, 0.6) is 0 Å². The van der Waals surface area contributed by atoms with Gasteiger partial charge in [-0.3, -0.25) is 4.57 Å². The summed E-state index contributed by atoms with van der Waals surface area (Å²) in [6, 6.07) is 8.26. The molecule has 1 aliphatic rings. The van der Waals surface area contributed by atoms with Crippen molar-refractivity contribution in [3.8, 4) is 17.3 Å². The van der Waals surface area contributed by atoms with E-state index in [4.69, 9.17) is 0 Å². The van der Waals surface area contributed by atoms with E-state index in [0.717, 1.165) is 36.1 Å². The molecule has 0 saturated heterocycles. The largest absolute Gasteiger partial charge is 0.368 e. The molecule has 3 aromatic heterocycles. The van der Waals surface area contributed by atoms with E-state index in [0.29, 0.717) is 18.3 Å². The summed E-state index contributed by atoms with van der Waals surface area (Å²) in [5, 5.41) is 17.6. The predicted molar refractivity (Wildman–Crippen MR) is 138 cm³/mol. The second-order valence-corrected chi connectivity index (χ2v) is 9.38. The van der Waals surface area contributed by atoms with E-state index in [1.165, 1.54) is 0 Å². The molecule has 1 aliphatic heterocycles. The van der Waals surface area contributed by atoms with Crippen molar-refractivity contribution >= 4 is 0 Å². The van der Waals surface area contributed by atoms with Crippen molar-refractivity contribution < 1.29 is 0 Å². The van der Waals surface area contributed by atoms with Gasteiger partial charge in [-0.15, -0.1) is 10.2 Å². The topological polar surface area (TPSA) is 111 Å². The molecule has 10 nitrogen and oxygen atoms in total. The first-order valence-corrected chi connectivity index (χ1v) is 12.3. The van der Waals surface area contributed by atoms with E-state index in [-0.39, 0.29) is 11.7 Å². The number of aromatic nitrogens is 8. The van der Waals surface area contributed by atoms with Gasteiger partial charge in [0.05, 0.1) is 5.41 Å². The molecular formula is C26H31N9O. The van der Waals surface area contributed by atoms with Crippen LogP contribution < -0.4 is 11.0 Å². The molecule has 10 heteroatoms. The molecular weight excluding hydrogens is 454 g/mol. The zero-order valence-corrected chi connectivity index (χ0v) is 20.8. The van der Waals surface area contributed by atoms with Gasteiger partial charge in [0.15, 0.2) is 0 Å². The van der Waals surface area contributed by atoms with Crippen LogP contribution in [0, 0.1) is 0 Å². The summed E-state index contributed by atoms with van der Waals surface area (Å²) in [6.45, 7) is 6.78. The van der Waals surface area contributed by atoms with Gasteiger partial charge in [0, 0.05) is 42.4 Å². The molecule has 4 heterocycles. The van der Waals surface area contributed by atoms with E-state index in [1.807, 2.05) is 46.1 Å². The molecule has 0 saturated carbocycles. The number of rotatable bonds is 9. The lowest BCUT2D eigenvalue weighted by molar-refractivity contribution is 0.494. The third-order valence-electron chi connectivity index (χ3n) is 6.65. The van der Waals surface area contributed by atoms with Crippen molar-refractivity contribution in [2.24, 2.45) is 0 Å². The number of imidazole rings is 2. The van der Waals surface area contributed by atoms with Crippen LogP contribution in [0.15, 0.2) is 72.2 Å². The van der Waals surface area contributed by atoms with E-state index in [9.17, 15) is 4.79 Å². The number of aromatic amines is 1. The summed E-state index contributed by atoms with van der Waals surface area (Å²) in [4.78, 5) is 18.4. The van der Waals surface area contributed by atoms with Gasteiger partial charge in [-0.05, 0) is 55.9 Å². The molecule has 4 aromatic rings. The van der Waals surface area contributed by atoms with Gasteiger partial charge >= 0.3 is 5.69 Å². The first-order valence-electron chi connectivity index (χ1n) is 12.3. The SMILES string of the molecule is CCCCc1cn(-c2nccn2C(C)C)c(=O)n1CC1(c2cccc(-c3nn[nH]n3)c2)C=CNC=C1. The van der Waals surface area contributed by atoms with Crippen LogP contribution >= 0.6 is 0 Å². The maximum absolute atomic E-state index is 13.9. The summed E-state index contributed by atoms with van der Waals surface area (Å²) >= 11 is 0. The minimum atomic E-state index is -0.546. The Morgan fingerprint density at radius 3 is 2.72 bits per heavy atom. The number of nitrogens with one attached hydrogen (secondary N) is 2. The number of unbranched alkanes of at least 4 members (excludes halogenated alkanes) is 1. The van der Waals surface area contributed by atoms with E-state index in [2.05, 4.69) is 76.0 Å². The van der Waals surface area contributed by atoms with Crippen LogP contribution in [0.2, 0.25) is 0 Å². The predicted octanol–water partition coefficient (Wildman–Crippen LogP) is 3.51. The van der Waals surface area contributed by atoms with Gasteiger partial charge in [0.1, 0.15) is 0 Å². The van der Waals surface area contributed by atoms with Crippen molar-refractivity contribution in [2.45, 2.75) is 58.0 Å². The quantitative estimate of drug-likeness (QED) is 0.375. The Labute approximate surface area is 209 Å². The molecule has 2 N–H and O–H groups in total. The Morgan fingerprint density at radius 1 is 1.17 bits per heavy atom. The van der Waals surface area contributed by atoms with Crippen molar-refractivity contribution in [3.05, 3.63) is 89.1 Å². The van der Waals surface area contributed by atoms with E-state index >= 15 is 0 Å². The molecule has 5 rings (SSSR count). The third-order valence-corrected chi connectivity index (χ3v) is 6.65. The van der Waals surface area contributed by atoms with E-state index in [1.54, 1.807) is 10.8 Å². The number of tetrazole rings is 1. The Balaban J connectivity index is 1.62. The van der Waals surface area contributed by atoms with Crippen LogP contribution in [0.25, 0.3) is 17.3 Å². The fourth-order valence-electron chi connectivity index (χ4n) is 4.68. The number of hydrogen-bond donors (Lipinski definition) is 2. The summed E-state index contributed by atoms with van der Waals surface area (Å²) in [7, 11) is 0. The molecule has 0 atom stereocenters. The third kappa shape index (κ3) is 4.30. The van der Waals surface area contributed by atoms with Crippen LogP contribution in [0.1, 0.15) is 50.9 Å². The highest BCUT2D eigenvalue weighted by Gasteiger charge is 2.31. The molecule has 36 heavy (non-hydrogen) atoms. The van der Waals surface area contributed by atoms with Crippen LogP contribution in [-0.4, -0.2) is 39.3 Å². The Morgan fingerprint density at radius 2 is 2.00 bits per heavy atom. The number of hydrogen-bond acceptors (Lipinski definition) is 6. The van der Waals surface area contributed by atoms with Crippen molar-refractivity contribution in [1.82, 2.24) is 44.6 Å². The zero-order valence-electron chi connectivity index (χ0n) is 20.8. The average molecular weight is 486 g/mol. The number of H-pyrrole nitrogens is 1. The van der Waals surface area contributed by atoms with Gasteiger partial charge in [0.25, 0.3) is 0 Å². The summed E-state index contributed by atoms with van der Waals surface area (Å²) in [5.74, 6) is 1.16. The minimum absolute atomic E-state index is 0.0942. The van der Waals surface area contributed by atoms with E-state index < -0.39 is 5.41 Å². The summed E-state index contributed by atoms with van der Waals surface area (Å²) < 4.78 is 5.60. The summed E-state index contributed by atoms with van der Waals surface area (Å²) in [6.07, 6.45) is 16.5. The number of aryl methyl sites for hydroxylation is 1. The van der Waals surface area contributed by atoms with Crippen LogP contribution in [-0.2, 0) is 18.4 Å². The minimum Gasteiger partial charge on any atom is -0.368 e. The van der Waals surface area contributed by atoms with Gasteiger partial charge < -0.3 is 9.88 Å². The molecule has 186 valence electrons. The summed E-state index contributed by atoms with van der Waals surface area (Å²) in [5.41, 5.74) is 2.24. The normalized spacial score (nSPS) is 14.4. The maximum atomic E-state index is 13.9. The zero-order chi connectivity index (χ0) is 25.1. The van der Waals surface area contributed by atoms with Crippen LogP contribution in [0.3, 0.4) is 0 Å². The molecule has 1 aromatic carbocycles. The number of dihydropyridines is 1. The molecule has 0 aliphatic carbocycles. The molecule has 0 unspecified atom stereocenters. The van der Waals surface area contributed by atoms with Gasteiger partial charge in [-0.2, -0.15) is 5.21 Å². The monoisotopic (exact) mass is 485 g/mol. The lowest BCUT2D eigenvalue weighted by atomic mass is 9.78. The van der Waals surface area contributed by atoms with Gasteiger partial charge in [0.2, 0.25) is 11.8 Å². The highest BCUT2D eigenvalue weighted by molar-refractivity contribution is 5.57. The maximum Gasteiger partial charge on any atom is 0.335 e. The number of allylic oxidation sites excluding steroid dienone is 2. The second kappa shape index (κ2) is 9.80. The lowest BCUT2D eigenvalue weighted by Crippen LogP contribution is -2.36. The van der Waals surface area contributed by atoms with Crippen molar-refractivity contribution in [1.29, 1.82) is 0 Å². The fourth-order valence-corrected chi connectivity index (χ4v) is 4.68. The lowest BCUT2D eigenvalue weighted by Gasteiger charge is -2.31. The number of benzene rings is 1. The average Bonchev–Trinajstić information content (AvgIpc) is 3.65. The van der Waals surface area contributed by atoms with Gasteiger partial charge in [-0.1, -0.05) is 43.7 Å². The molecule has 0 spiro atoms.